The molecule has 2 aromatic rings. The van der Waals surface area contributed by atoms with Crippen LogP contribution in [-0.2, 0) is 4.79 Å². The number of para-hydroxylation sites is 2. The molecule has 20 heavy (non-hydrogen) atoms. The number of carbonyl (C=O) groups is 1. The van der Waals surface area contributed by atoms with Gasteiger partial charge in [-0.25, -0.2) is 4.79 Å². The fourth-order valence-electron chi connectivity index (χ4n) is 2.12. The lowest BCUT2D eigenvalue weighted by Gasteiger charge is -2.28. The van der Waals surface area contributed by atoms with Gasteiger partial charge in [-0.3, -0.25) is 0 Å². The Morgan fingerprint density at radius 2 is 1.60 bits per heavy atom. The van der Waals surface area contributed by atoms with Gasteiger partial charge in [0.1, 0.15) is 11.8 Å². The molecule has 0 aliphatic rings. The number of hydrogen-bond donors (Lipinski definition) is 0. The first-order valence-corrected chi connectivity index (χ1v) is 6.80. The minimum absolute atomic E-state index is 0.248. The Balaban J connectivity index is 2.09. The molecule has 0 amide bonds. The summed E-state index contributed by atoms with van der Waals surface area (Å²) >= 11 is 0. The standard InChI is InChI=1S/C17H19NO2/c1-3-18(15-10-6-4-7-11-15)14(2)17(19)20-16-12-8-5-9-13-16/h4-14H,3H2,1-2H3. The Hall–Kier alpha value is -2.29. The SMILES string of the molecule is CCN(c1ccccc1)C(C)C(=O)Oc1ccccc1. The Labute approximate surface area is 119 Å². The van der Waals surface area contributed by atoms with Gasteiger partial charge in [-0.2, -0.15) is 0 Å². The monoisotopic (exact) mass is 269 g/mol. The number of anilines is 1. The average molecular weight is 269 g/mol. The van der Waals surface area contributed by atoms with E-state index in [4.69, 9.17) is 4.74 Å². The fraction of sp³-hybridized carbons (Fsp3) is 0.235. The molecule has 104 valence electrons. The van der Waals surface area contributed by atoms with Crippen LogP contribution in [0.5, 0.6) is 5.75 Å². The van der Waals surface area contributed by atoms with Crippen LogP contribution in [-0.4, -0.2) is 18.6 Å². The summed E-state index contributed by atoms with van der Waals surface area (Å²) in [4.78, 5) is 14.2. The predicted molar refractivity (Wildman–Crippen MR) is 81.0 cm³/mol. The Morgan fingerprint density at radius 1 is 1.05 bits per heavy atom. The summed E-state index contributed by atoms with van der Waals surface area (Å²) in [7, 11) is 0. The summed E-state index contributed by atoms with van der Waals surface area (Å²) in [6, 6.07) is 18.7. The van der Waals surface area contributed by atoms with Crippen molar-refractivity contribution in [1.82, 2.24) is 0 Å². The van der Waals surface area contributed by atoms with Crippen LogP contribution in [0, 0.1) is 0 Å². The number of hydrogen-bond acceptors (Lipinski definition) is 3. The van der Waals surface area contributed by atoms with Gasteiger partial charge in [-0.15, -0.1) is 0 Å². The molecule has 0 spiro atoms. The van der Waals surface area contributed by atoms with Gasteiger partial charge in [0.25, 0.3) is 0 Å². The van der Waals surface area contributed by atoms with Crippen LogP contribution >= 0.6 is 0 Å². The van der Waals surface area contributed by atoms with Gasteiger partial charge in [0, 0.05) is 12.2 Å². The summed E-state index contributed by atoms with van der Waals surface area (Å²) in [5.74, 6) is 0.329. The van der Waals surface area contributed by atoms with Crippen molar-refractivity contribution in [3.63, 3.8) is 0 Å². The van der Waals surface area contributed by atoms with E-state index in [9.17, 15) is 4.79 Å². The van der Waals surface area contributed by atoms with Crippen molar-refractivity contribution >= 4 is 11.7 Å². The van der Waals surface area contributed by atoms with Crippen LogP contribution in [0.2, 0.25) is 0 Å². The van der Waals surface area contributed by atoms with Crippen LogP contribution in [0.15, 0.2) is 60.7 Å². The molecule has 0 aliphatic carbocycles. The highest BCUT2D eigenvalue weighted by Crippen LogP contribution is 2.18. The fourth-order valence-corrected chi connectivity index (χ4v) is 2.12. The van der Waals surface area contributed by atoms with E-state index in [1.807, 2.05) is 67.3 Å². The second-order valence-electron chi connectivity index (χ2n) is 4.53. The second kappa shape index (κ2) is 6.75. The molecular formula is C17H19NO2. The number of carbonyl (C=O) groups excluding carboxylic acids is 1. The van der Waals surface area contributed by atoms with Gasteiger partial charge < -0.3 is 9.64 Å². The minimum Gasteiger partial charge on any atom is -0.425 e. The number of rotatable bonds is 5. The van der Waals surface area contributed by atoms with Crippen molar-refractivity contribution in [3.8, 4) is 5.75 Å². The Morgan fingerprint density at radius 3 is 2.15 bits per heavy atom. The summed E-state index contributed by atoms with van der Waals surface area (Å²) in [5.41, 5.74) is 1.02. The van der Waals surface area contributed by atoms with Gasteiger partial charge in [-0.1, -0.05) is 36.4 Å². The lowest BCUT2D eigenvalue weighted by molar-refractivity contribution is -0.135. The molecule has 0 N–H and O–H groups in total. The van der Waals surface area contributed by atoms with Crippen LogP contribution in [0.3, 0.4) is 0 Å². The number of likely N-dealkylation sites (N-methyl/N-ethyl adjacent to an activating group) is 1. The van der Waals surface area contributed by atoms with Gasteiger partial charge in [0.15, 0.2) is 0 Å². The zero-order valence-corrected chi connectivity index (χ0v) is 11.8. The van der Waals surface area contributed by atoms with Gasteiger partial charge in [-0.05, 0) is 38.1 Å². The van der Waals surface area contributed by atoms with E-state index in [0.717, 1.165) is 12.2 Å². The Kier molecular flexibility index (Phi) is 4.77. The highest BCUT2D eigenvalue weighted by Gasteiger charge is 2.22. The third-order valence-corrected chi connectivity index (χ3v) is 3.20. The highest BCUT2D eigenvalue weighted by atomic mass is 16.5. The third kappa shape index (κ3) is 3.38. The molecule has 0 heterocycles. The van der Waals surface area contributed by atoms with E-state index < -0.39 is 0 Å². The van der Waals surface area contributed by atoms with Crippen molar-refractivity contribution in [2.24, 2.45) is 0 Å². The molecule has 1 unspecified atom stereocenters. The van der Waals surface area contributed by atoms with Gasteiger partial charge in [0.05, 0.1) is 0 Å². The van der Waals surface area contributed by atoms with Crippen LogP contribution in [0.25, 0.3) is 0 Å². The molecule has 0 radical (unpaired) electrons. The van der Waals surface area contributed by atoms with Gasteiger partial charge >= 0.3 is 5.97 Å². The van der Waals surface area contributed by atoms with Gasteiger partial charge in [0.2, 0.25) is 0 Å². The Bertz CT molecular complexity index is 539. The maximum atomic E-state index is 12.2. The molecule has 0 saturated heterocycles. The van der Waals surface area contributed by atoms with Crippen molar-refractivity contribution in [1.29, 1.82) is 0 Å². The molecule has 0 aliphatic heterocycles. The predicted octanol–water partition coefficient (Wildman–Crippen LogP) is 3.51. The molecular weight excluding hydrogens is 250 g/mol. The van der Waals surface area contributed by atoms with Crippen molar-refractivity contribution in [2.45, 2.75) is 19.9 Å². The lowest BCUT2D eigenvalue weighted by Crippen LogP contribution is -2.41. The number of ether oxygens (including phenoxy) is 1. The largest absolute Gasteiger partial charge is 0.425 e. The first-order valence-electron chi connectivity index (χ1n) is 6.80. The maximum absolute atomic E-state index is 12.2. The van der Waals surface area contributed by atoms with E-state index in [0.29, 0.717) is 5.75 Å². The van der Waals surface area contributed by atoms with Crippen LogP contribution < -0.4 is 9.64 Å². The topological polar surface area (TPSA) is 29.5 Å². The molecule has 0 fully saturated rings. The molecule has 3 nitrogen and oxygen atoms in total. The molecule has 1 atom stereocenters. The zero-order chi connectivity index (χ0) is 14.4. The van der Waals surface area contributed by atoms with E-state index >= 15 is 0 Å². The second-order valence-corrected chi connectivity index (χ2v) is 4.53. The smallest absolute Gasteiger partial charge is 0.333 e. The summed E-state index contributed by atoms with van der Waals surface area (Å²) in [6.45, 7) is 4.64. The number of benzene rings is 2. The summed E-state index contributed by atoms with van der Waals surface area (Å²) < 4.78 is 5.40. The average Bonchev–Trinajstić information content (AvgIpc) is 2.50. The molecule has 0 saturated carbocycles. The number of nitrogens with zero attached hydrogens (tertiary/aromatic N) is 1. The lowest BCUT2D eigenvalue weighted by atomic mass is 10.2. The van der Waals surface area contributed by atoms with Crippen LogP contribution in [0.4, 0.5) is 5.69 Å². The quantitative estimate of drug-likeness (QED) is 0.614. The van der Waals surface area contributed by atoms with Crippen LogP contribution in [0.1, 0.15) is 13.8 Å². The van der Waals surface area contributed by atoms with E-state index in [-0.39, 0.29) is 12.0 Å². The molecule has 3 heteroatoms. The van der Waals surface area contributed by atoms with E-state index in [1.54, 1.807) is 12.1 Å². The first-order chi connectivity index (χ1) is 9.72. The number of esters is 1. The summed E-state index contributed by atoms with van der Waals surface area (Å²) in [5, 5.41) is 0. The zero-order valence-electron chi connectivity index (χ0n) is 11.8. The molecule has 2 aromatic carbocycles. The van der Waals surface area contributed by atoms with Crippen molar-refractivity contribution in [2.75, 3.05) is 11.4 Å². The maximum Gasteiger partial charge on any atom is 0.333 e. The molecule has 0 bridgehead atoms. The minimum atomic E-state index is -0.331. The summed E-state index contributed by atoms with van der Waals surface area (Å²) in [6.07, 6.45) is 0. The highest BCUT2D eigenvalue weighted by molar-refractivity contribution is 5.81. The van der Waals surface area contributed by atoms with Crippen molar-refractivity contribution < 1.29 is 9.53 Å². The molecule has 2 rings (SSSR count). The third-order valence-electron chi connectivity index (χ3n) is 3.20. The van der Waals surface area contributed by atoms with E-state index in [1.165, 1.54) is 0 Å². The molecule has 0 aromatic heterocycles. The van der Waals surface area contributed by atoms with Crippen molar-refractivity contribution in [3.05, 3.63) is 60.7 Å². The normalized spacial score (nSPS) is 11.7. The first kappa shape index (κ1) is 14.1. The van der Waals surface area contributed by atoms with E-state index in [2.05, 4.69) is 0 Å².